The molecule has 3 rings (SSSR count). The number of aromatic nitrogens is 1. The average Bonchev–Trinajstić information content (AvgIpc) is 2.80. The molecule has 0 spiro atoms. The van der Waals surface area contributed by atoms with Crippen molar-refractivity contribution in [2.45, 2.75) is 24.8 Å². The van der Waals surface area contributed by atoms with Gasteiger partial charge in [-0.15, -0.1) is 0 Å². The molecule has 1 amide bonds. The molecular weight excluding hydrogens is 492 g/mol. The Hall–Kier alpha value is -3.64. The highest BCUT2D eigenvalue weighted by Gasteiger charge is 2.29. The first-order chi connectivity index (χ1) is 16.5. The van der Waals surface area contributed by atoms with Crippen LogP contribution in [0.4, 0.5) is 17.2 Å². The molecule has 0 radical (unpaired) electrons. The van der Waals surface area contributed by atoms with Gasteiger partial charge >= 0.3 is 0 Å². The maximum atomic E-state index is 12.9. The van der Waals surface area contributed by atoms with Crippen molar-refractivity contribution in [3.8, 4) is 5.75 Å². The fraction of sp³-hybridized carbons (Fsp3) is 0.217. The Bertz CT molecular complexity index is 1360. The van der Waals surface area contributed by atoms with Crippen molar-refractivity contribution in [3.05, 3.63) is 72.9 Å². The van der Waals surface area contributed by atoms with Gasteiger partial charge in [-0.2, -0.15) is 0 Å². The number of benzene rings is 2. The lowest BCUT2D eigenvalue weighted by molar-refractivity contribution is -0.116. The van der Waals surface area contributed by atoms with Gasteiger partial charge in [0.2, 0.25) is 15.9 Å². The maximum Gasteiger partial charge on any atom is 0.263 e. The van der Waals surface area contributed by atoms with Gasteiger partial charge < -0.3 is 10.1 Å². The number of rotatable bonds is 10. The summed E-state index contributed by atoms with van der Waals surface area (Å²) in [6.07, 6.45) is 2.48. The predicted molar refractivity (Wildman–Crippen MR) is 135 cm³/mol. The molecule has 0 saturated carbocycles. The number of nitrogens with one attached hydrogen (secondary N) is 2. The minimum absolute atomic E-state index is 0.0265. The van der Waals surface area contributed by atoms with E-state index in [1.54, 1.807) is 36.4 Å². The van der Waals surface area contributed by atoms with Crippen LogP contribution in [0.1, 0.15) is 13.8 Å². The van der Waals surface area contributed by atoms with Gasteiger partial charge in [0.25, 0.3) is 10.0 Å². The number of pyridine rings is 1. The third kappa shape index (κ3) is 6.70. The smallest absolute Gasteiger partial charge is 0.263 e. The SMILES string of the molecule is CCOc1ccc(N([C@@H](C)C(=O)Nc2ccc(S(=O)(=O)Nc3ccccn3)cc2)S(C)(=O)=O)cc1. The van der Waals surface area contributed by atoms with Crippen LogP contribution in [0.3, 0.4) is 0 Å². The Morgan fingerprint density at radius 2 is 1.66 bits per heavy atom. The van der Waals surface area contributed by atoms with Gasteiger partial charge in [0, 0.05) is 11.9 Å². The molecule has 1 aromatic heterocycles. The standard InChI is InChI=1S/C23H26N4O6S2/c1-4-33-20-12-10-19(11-13-20)27(34(3,29)30)17(2)23(28)25-18-8-14-21(15-9-18)35(31,32)26-22-7-5-6-16-24-22/h5-17H,4H2,1-3H3,(H,24,26)(H,25,28)/t17-/m0/s1. The van der Waals surface area contributed by atoms with E-state index in [2.05, 4.69) is 15.0 Å². The first-order valence-corrected chi connectivity index (χ1v) is 13.9. The average molecular weight is 519 g/mol. The van der Waals surface area contributed by atoms with Crippen LogP contribution in [0.25, 0.3) is 0 Å². The third-order valence-electron chi connectivity index (χ3n) is 4.83. The molecule has 0 bridgehead atoms. The molecular formula is C23H26N4O6S2. The Kier molecular flexibility index (Phi) is 7.97. The Morgan fingerprint density at radius 1 is 1.00 bits per heavy atom. The predicted octanol–water partition coefficient (Wildman–Crippen LogP) is 3.07. The van der Waals surface area contributed by atoms with E-state index in [1.807, 2.05) is 6.92 Å². The van der Waals surface area contributed by atoms with Gasteiger partial charge in [-0.25, -0.2) is 21.8 Å². The van der Waals surface area contributed by atoms with Crippen molar-refractivity contribution in [2.24, 2.45) is 0 Å². The van der Waals surface area contributed by atoms with Crippen LogP contribution in [0.2, 0.25) is 0 Å². The van der Waals surface area contributed by atoms with Crippen molar-refractivity contribution in [1.82, 2.24) is 4.98 Å². The molecule has 0 saturated heterocycles. The number of carbonyl (C=O) groups is 1. The maximum absolute atomic E-state index is 12.9. The van der Waals surface area contributed by atoms with Crippen molar-refractivity contribution in [3.63, 3.8) is 0 Å². The van der Waals surface area contributed by atoms with E-state index in [4.69, 9.17) is 4.74 Å². The highest BCUT2D eigenvalue weighted by molar-refractivity contribution is 7.92. The lowest BCUT2D eigenvalue weighted by Crippen LogP contribution is -2.45. The van der Waals surface area contributed by atoms with Crippen molar-refractivity contribution >= 4 is 43.1 Å². The van der Waals surface area contributed by atoms with Crippen molar-refractivity contribution in [1.29, 1.82) is 0 Å². The molecule has 1 atom stereocenters. The zero-order valence-corrected chi connectivity index (χ0v) is 21.0. The number of hydrogen-bond donors (Lipinski definition) is 2. The molecule has 12 heteroatoms. The van der Waals surface area contributed by atoms with E-state index in [-0.39, 0.29) is 10.7 Å². The Balaban J connectivity index is 1.75. The van der Waals surface area contributed by atoms with Crippen LogP contribution in [0.5, 0.6) is 5.75 Å². The number of amides is 1. The lowest BCUT2D eigenvalue weighted by atomic mass is 10.2. The second-order valence-electron chi connectivity index (χ2n) is 7.50. The molecule has 0 aliphatic carbocycles. The summed E-state index contributed by atoms with van der Waals surface area (Å²) in [5.41, 5.74) is 0.611. The molecule has 0 aliphatic rings. The number of carbonyl (C=O) groups excluding carboxylic acids is 1. The van der Waals surface area contributed by atoms with Crippen LogP contribution < -0.4 is 19.1 Å². The second kappa shape index (κ2) is 10.7. The second-order valence-corrected chi connectivity index (χ2v) is 11.0. The molecule has 2 N–H and O–H groups in total. The highest BCUT2D eigenvalue weighted by Crippen LogP contribution is 2.25. The largest absolute Gasteiger partial charge is 0.494 e. The molecule has 1 heterocycles. The van der Waals surface area contributed by atoms with Gasteiger partial charge in [0.05, 0.1) is 23.4 Å². The van der Waals surface area contributed by atoms with Gasteiger partial charge in [0.15, 0.2) is 0 Å². The zero-order chi connectivity index (χ0) is 25.6. The summed E-state index contributed by atoms with van der Waals surface area (Å²) in [7, 11) is -7.67. The Morgan fingerprint density at radius 3 is 2.20 bits per heavy atom. The molecule has 35 heavy (non-hydrogen) atoms. The lowest BCUT2D eigenvalue weighted by Gasteiger charge is -2.28. The summed E-state index contributed by atoms with van der Waals surface area (Å²) in [5, 5.41) is 2.63. The van der Waals surface area contributed by atoms with Gasteiger partial charge in [-0.05, 0) is 74.5 Å². The van der Waals surface area contributed by atoms with Crippen LogP contribution >= 0.6 is 0 Å². The summed E-state index contributed by atoms with van der Waals surface area (Å²) in [6, 6.07) is 15.6. The normalized spacial score (nSPS) is 12.4. The number of anilines is 3. The molecule has 0 unspecified atom stereocenters. The fourth-order valence-corrected chi connectivity index (χ4v) is 5.43. The van der Waals surface area contributed by atoms with E-state index in [9.17, 15) is 21.6 Å². The van der Waals surface area contributed by atoms with Crippen molar-refractivity contribution < 1.29 is 26.4 Å². The highest BCUT2D eigenvalue weighted by atomic mass is 32.2. The number of hydrogen-bond acceptors (Lipinski definition) is 7. The van der Waals surface area contributed by atoms with Gasteiger partial charge in [-0.1, -0.05) is 6.07 Å². The van der Waals surface area contributed by atoms with Crippen LogP contribution in [0, 0.1) is 0 Å². The third-order valence-corrected chi connectivity index (χ3v) is 7.44. The monoisotopic (exact) mass is 518 g/mol. The number of nitrogens with zero attached hydrogens (tertiary/aromatic N) is 2. The summed E-state index contributed by atoms with van der Waals surface area (Å²) < 4.78 is 58.8. The summed E-state index contributed by atoms with van der Waals surface area (Å²) in [5.74, 6) is 0.162. The summed E-state index contributed by atoms with van der Waals surface area (Å²) >= 11 is 0. The van der Waals surface area contributed by atoms with Crippen LogP contribution in [-0.4, -0.2) is 46.6 Å². The zero-order valence-electron chi connectivity index (χ0n) is 19.4. The van der Waals surface area contributed by atoms with Crippen LogP contribution in [-0.2, 0) is 24.8 Å². The number of sulfonamides is 2. The summed E-state index contributed by atoms with van der Waals surface area (Å²) in [4.78, 5) is 16.8. The minimum Gasteiger partial charge on any atom is -0.494 e. The van der Waals surface area contributed by atoms with E-state index in [0.29, 0.717) is 23.7 Å². The van der Waals surface area contributed by atoms with Crippen LogP contribution in [0.15, 0.2) is 77.8 Å². The van der Waals surface area contributed by atoms with Gasteiger partial charge in [-0.3, -0.25) is 13.8 Å². The quantitative estimate of drug-likeness (QED) is 0.421. The Labute approximate surface area is 205 Å². The molecule has 0 fully saturated rings. The first-order valence-electron chi connectivity index (χ1n) is 10.6. The summed E-state index contributed by atoms with van der Waals surface area (Å²) in [6.45, 7) is 3.76. The number of ether oxygens (including phenoxy) is 1. The van der Waals surface area contributed by atoms with E-state index >= 15 is 0 Å². The molecule has 0 aliphatic heterocycles. The van der Waals surface area contributed by atoms with Gasteiger partial charge in [0.1, 0.15) is 17.6 Å². The van der Waals surface area contributed by atoms with Crippen molar-refractivity contribution in [2.75, 3.05) is 27.2 Å². The first kappa shape index (κ1) is 26.0. The van der Waals surface area contributed by atoms with E-state index in [0.717, 1.165) is 10.6 Å². The molecule has 186 valence electrons. The molecule has 10 nitrogen and oxygen atoms in total. The van der Waals surface area contributed by atoms with E-state index in [1.165, 1.54) is 43.5 Å². The molecule has 2 aromatic carbocycles. The minimum atomic E-state index is -3.87. The fourth-order valence-electron chi connectivity index (χ4n) is 3.25. The van der Waals surface area contributed by atoms with E-state index < -0.39 is 32.0 Å². The molecule has 3 aromatic rings. The topological polar surface area (TPSA) is 135 Å².